The largest absolute Gasteiger partial charge is 0.397 e. The summed E-state index contributed by atoms with van der Waals surface area (Å²) in [4.78, 5) is 4.33. The highest BCUT2D eigenvalue weighted by molar-refractivity contribution is 6.09. The maximum absolute atomic E-state index is 5.68. The SMILES string of the molecule is NC1=C/N=C(c2ccccc2)\C=C/C=C\1. The van der Waals surface area contributed by atoms with Crippen molar-refractivity contribution in [3.05, 3.63) is 72.1 Å². The first-order chi connectivity index (χ1) is 7.36. The molecule has 0 aliphatic carbocycles. The fourth-order valence-electron chi connectivity index (χ4n) is 1.32. The van der Waals surface area contributed by atoms with Gasteiger partial charge in [-0.1, -0.05) is 42.5 Å². The van der Waals surface area contributed by atoms with Crippen molar-refractivity contribution in [3.8, 4) is 0 Å². The van der Waals surface area contributed by atoms with E-state index in [1.165, 1.54) is 0 Å². The summed E-state index contributed by atoms with van der Waals surface area (Å²) in [5.74, 6) is 0. The van der Waals surface area contributed by atoms with E-state index in [0.717, 1.165) is 11.3 Å². The highest BCUT2D eigenvalue weighted by Crippen LogP contribution is 2.05. The van der Waals surface area contributed by atoms with Crippen molar-refractivity contribution in [2.45, 2.75) is 0 Å². The Bertz CT molecular complexity index is 451. The smallest absolute Gasteiger partial charge is 0.0702 e. The van der Waals surface area contributed by atoms with Gasteiger partial charge in [-0.3, -0.25) is 4.99 Å². The van der Waals surface area contributed by atoms with Crippen LogP contribution in [0.1, 0.15) is 5.56 Å². The molecule has 0 radical (unpaired) electrons. The van der Waals surface area contributed by atoms with Crippen LogP contribution in [-0.2, 0) is 0 Å². The van der Waals surface area contributed by atoms with E-state index in [4.69, 9.17) is 5.73 Å². The molecular weight excluding hydrogens is 184 g/mol. The first-order valence-electron chi connectivity index (χ1n) is 4.80. The van der Waals surface area contributed by atoms with E-state index in [1.54, 1.807) is 6.20 Å². The monoisotopic (exact) mass is 196 g/mol. The van der Waals surface area contributed by atoms with Crippen LogP contribution in [-0.4, -0.2) is 5.71 Å². The Morgan fingerprint density at radius 2 is 1.67 bits per heavy atom. The predicted octanol–water partition coefficient (Wildman–Crippen LogP) is 2.40. The third-order valence-electron chi connectivity index (χ3n) is 2.08. The molecule has 74 valence electrons. The lowest BCUT2D eigenvalue weighted by molar-refractivity contribution is 1.35. The van der Waals surface area contributed by atoms with Crippen LogP contribution in [0.5, 0.6) is 0 Å². The molecule has 1 aromatic carbocycles. The van der Waals surface area contributed by atoms with E-state index in [-0.39, 0.29) is 0 Å². The first kappa shape index (κ1) is 9.46. The molecule has 1 aliphatic heterocycles. The summed E-state index contributed by atoms with van der Waals surface area (Å²) in [6, 6.07) is 10.0. The number of hydrogen-bond donors (Lipinski definition) is 1. The van der Waals surface area contributed by atoms with E-state index in [9.17, 15) is 0 Å². The average molecular weight is 196 g/mol. The van der Waals surface area contributed by atoms with Crippen LogP contribution in [0, 0.1) is 0 Å². The number of allylic oxidation sites excluding steroid dienone is 4. The van der Waals surface area contributed by atoms with Gasteiger partial charge in [0.05, 0.1) is 11.9 Å². The van der Waals surface area contributed by atoms with Gasteiger partial charge in [-0.15, -0.1) is 0 Å². The van der Waals surface area contributed by atoms with Gasteiger partial charge in [0.2, 0.25) is 0 Å². The molecule has 0 bridgehead atoms. The van der Waals surface area contributed by atoms with Crippen molar-refractivity contribution >= 4 is 5.71 Å². The second-order valence-corrected chi connectivity index (χ2v) is 3.23. The molecule has 0 amide bonds. The highest BCUT2D eigenvalue weighted by atomic mass is 14.7. The van der Waals surface area contributed by atoms with Crippen molar-refractivity contribution in [1.82, 2.24) is 0 Å². The van der Waals surface area contributed by atoms with Gasteiger partial charge in [0.1, 0.15) is 0 Å². The van der Waals surface area contributed by atoms with Crippen LogP contribution < -0.4 is 5.73 Å². The van der Waals surface area contributed by atoms with E-state index in [0.29, 0.717) is 5.70 Å². The standard InChI is InChI=1S/C13H12N2/c14-12-8-4-5-9-13(15-10-12)11-6-2-1-3-7-11/h1-10H,14H2/b5-4?,8-4-,9-5-,12-8?,12-10+,13-9?,15-10?,15-13+. The number of nitrogens with zero attached hydrogens (tertiary/aromatic N) is 1. The van der Waals surface area contributed by atoms with Gasteiger partial charge >= 0.3 is 0 Å². The third kappa shape index (κ3) is 2.44. The summed E-state index contributed by atoms with van der Waals surface area (Å²) in [6.07, 6.45) is 9.30. The van der Waals surface area contributed by atoms with Crippen LogP contribution in [0.3, 0.4) is 0 Å². The van der Waals surface area contributed by atoms with Gasteiger partial charge in [-0.2, -0.15) is 0 Å². The van der Waals surface area contributed by atoms with Gasteiger partial charge in [-0.25, -0.2) is 0 Å². The molecule has 0 saturated carbocycles. The second-order valence-electron chi connectivity index (χ2n) is 3.23. The Hall–Kier alpha value is -2.09. The van der Waals surface area contributed by atoms with E-state index >= 15 is 0 Å². The molecule has 2 N–H and O–H groups in total. The van der Waals surface area contributed by atoms with Crippen molar-refractivity contribution in [2.24, 2.45) is 10.7 Å². The van der Waals surface area contributed by atoms with E-state index in [1.807, 2.05) is 54.6 Å². The summed E-state index contributed by atoms with van der Waals surface area (Å²) in [6.45, 7) is 0. The fraction of sp³-hybridized carbons (Fsp3) is 0. The number of benzene rings is 1. The second kappa shape index (κ2) is 4.42. The minimum atomic E-state index is 0.660. The van der Waals surface area contributed by atoms with Crippen molar-refractivity contribution in [3.63, 3.8) is 0 Å². The zero-order valence-electron chi connectivity index (χ0n) is 8.30. The zero-order valence-corrected chi connectivity index (χ0v) is 8.30. The maximum Gasteiger partial charge on any atom is 0.0702 e. The van der Waals surface area contributed by atoms with Crippen molar-refractivity contribution < 1.29 is 0 Å². The van der Waals surface area contributed by atoms with Gasteiger partial charge < -0.3 is 5.73 Å². The quantitative estimate of drug-likeness (QED) is 0.736. The molecule has 1 aromatic rings. The topological polar surface area (TPSA) is 38.4 Å². The molecule has 0 fully saturated rings. The molecule has 0 unspecified atom stereocenters. The molecule has 2 nitrogen and oxygen atoms in total. The Balaban J connectivity index is 2.37. The number of nitrogens with two attached hydrogens (primary N) is 1. The molecule has 0 spiro atoms. The van der Waals surface area contributed by atoms with Gasteiger partial charge in [0, 0.05) is 11.3 Å². The third-order valence-corrected chi connectivity index (χ3v) is 2.08. The molecule has 0 atom stereocenters. The molecular formula is C13H12N2. The number of aliphatic imine (C=N–C) groups is 1. The van der Waals surface area contributed by atoms with Crippen molar-refractivity contribution in [2.75, 3.05) is 0 Å². The molecule has 1 aliphatic rings. The van der Waals surface area contributed by atoms with Crippen molar-refractivity contribution in [1.29, 1.82) is 0 Å². The lowest BCUT2D eigenvalue weighted by Crippen LogP contribution is -1.98. The van der Waals surface area contributed by atoms with Crippen LogP contribution in [0.4, 0.5) is 0 Å². The minimum Gasteiger partial charge on any atom is -0.397 e. The van der Waals surface area contributed by atoms with Crippen LogP contribution in [0.25, 0.3) is 0 Å². The van der Waals surface area contributed by atoms with Gasteiger partial charge in [-0.05, 0) is 12.2 Å². The molecule has 1 heterocycles. The molecule has 2 heteroatoms. The highest BCUT2D eigenvalue weighted by Gasteiger charge is 1.97. The zero-order chi connectivity index (χ0) is 10.5. The number of hydrogen-bond acceptors (Lipinski definition) is 2. The Morgan fingerprint density at radius 1 is 0.933 bits per heavy atom. The minimum absolute atomic E-state index is 0.660. The Labute approximate surface area is 89.1 Å². The molecule has 0 saturated heterocycles. The summed E-state index contributed by atoms with van der Waals surface area (Å²) in [5.41, 5.74) is 8.35. The molecule has 2 rings (SSSR count). The van der Waals surface area contributed by atoms with Gasteiger partial charge in [0.15, 0.2) is 0 Å². The fourth-order valence-corrected chi connectivity index (χ4v) is 1.32. The molecule has 0 aromatic heterocycles. The lowest BCUT2D eigenvalue weighted by atomic mass is 10.1. The van der Waals surface area contributed by atoms with Crippen LogP contribution >= 0.6 is 0 Å². The summed E-state index contributed by atoms with van der Waals surface area (Å²) >= 11 is 0. The molecule has 15 heavy (non-hydrogen) atoms. The number of rotatable bonds is 1. The van der Waals surface area contributed by atoms with Crippen LogP contribution in [0.15, 0.2) is 71.5 Å². The lowest BCUT2D eigenvalue weighted by Gasteiger charge is -2.01. The van der Waals surface area contributed by atoms with Crippen LogP contribution in [0.2, 0.25) is 0 Å². The summed E-state index contributed by atoms with van der Waals surface area (Å²) in [7, 11) is 0. The Morgan fingerprint density at radius 3 is 2.47 bits per heavy atom. The predicted molar refractivity (Wildman–Crippen MR) is 63.5 cm³/mol. The maximum atomic E-state index is 5.68. The normalized spacial score (nSPS) is 26.4. The Kier molecular flexibility index (Phi) is 2.79. The first-order valence-corrected chi connectivity index (χ1v) is 4.80. The summed E-state index contributed by atoms with van der Waals surface area (Å²) < 4.78 is 0. The van der Waals surface area contributed by atoms with E-state index < -0.39 is 0 Å². The van der Waals surface area contributed by atoms with Gasteiger partial charge in [0.25, 0.3) is 0 Å². The average Bonchev–Trinajstić information content (AvgIpc) is 2.25. The summed E-state index contributed by atoms with van der Waals surface area (Å²) in [5, 5.41) is 0. The van der Waals surface area contributed by atoms with E-state index in [2.05, 4.69) is 4.99 Å².